The zero-order valence-electron chi connectivity index (χ0n) is 11.5. The molecule has 0 aliphatic heterocycles. The average Bonchev–Trinajstić information content (AvgIpc) is 2.23. The van der Waals surface area contributed by atoms with Gasteiger partial charge in [0.25, 0.3) is 0 Å². The van der Waals surface area contributed by atoms with Crippen LogP contribution < -0.4 is 10.6 Å². The number of nitrogens with zero attached hydrogens (tertiary/aromatic N) is 3. The van der Waals surface area contributed by atoms with Crippen molar-refractivity contribution >= 4 is 11.8 Å². The molecule has 0 aliphatic carbocycles. The van der Waals surface area contributed by atoms with Gasteiger partial charge in [0.15, 0.2) is 5.69 Å². The maximum absolute atomic E-state index is 12.7. The molecule has 0 aromatic carbocycles. The Hall–Kier alpha value is -1.53. The Kier molecular flexibility index (Phi) is 4.60. The van der Waals surface area contributed by atoms with Crippen molar-refractivity contribution in [2.45, 2.75) is 39.9 Å². The number of anilines is 2. The predicted molar refractivity (Wildman–Crippen MR) is 68.8 cm³/mol. The summed E-state index contributed by atoms with van der Waals surface area (Å²) in [5.41, 5.74) is 4.37. The fraction of sp³-hybridized carbons (Fsp3) is 0.667. The molecule has 1 aromatic heterocycles. The second-order valence-electron chi connectivity index (χ2n) is 5.11. The van der Waals surface area contributed by atoms with Gasteiger partial charge in [-0.05, 0) is 19.8 Å². The molecule has 0 bridgehead atoms. The van der Waals surface area contributed by atoms with Crippen molar-refractivity contribution in [3.05, 3.63) is 11.8 Å². The van der Waals surface area contributed by atoms with Crippen LogP contribution in [0.5, 0.6) is 0 Å². The quantitative estimate of drug-likeness (QED) is 0.918. The van der Waals surface area contributed by atoms with Crippen LogP contribution in [0.1, 0.15) is 33.4 Å². The SMILES string of the molecule is CC(C)CN(c1cc(C(F)(F)F)nc(N)n1)C(C)C. The van der Waals surface area contributed by atoms with Crippen LogP contribution in [0.3, 0.4) is 0 Å². The number of alkyl halides is 3. The summed E-state index contributed by atoms with van der Waals surface area (Å²) in [5.74, 6) is 0.149. The van der Waals surface area contributed by atoms with Crippen molar-refractivity contribution in [2.24, 2.45) is 5.92 Å². The molecule has 1 aromatic rings. The molecule has 1 rings (SSSR count). The number of rotatable bonds is 4. The van der Waals surface area contributed by atoms with Crippen molar-refractivity contribution < 1.29 is 13.2 Å². The van der Waals surface area contributed by atoms with Crippen molar-refractivity contribution in [3.8, 4) is 0 Å². The van der Waals surface area contributed by atoms with Gasteiger partial charge in [-0.2, -0.15) is 18.2 Å². The van der Waals surface area contributed by atoms with Crippen molar-refractivity contribution in [1.29, 1.82) is 0 Å². The molecule has 4 nitrogen and oxygen atoms in total. The van der Waals surface area contributed by atoms with Crippen LogP contribution in [0, 0.1) is 5.92 Å². The first-order valence-electron chi connectivity index (χ1n) is 6.09. The van der Waals surface area contributed by atoms with Crippen LogP contribution in [0.2, 0.25) is 0 Å². The topological polar surface area (TPSA) is 55.0 Å². The third-order valence-corrected chi connectivity index (χ3v) is 2.50. The maximum atomic E-state index is 12.7. The first-order chi connectivity index (χ1) is 8.61. The number of hydrogen-bond acceptors (Lipinski definition) is 4. The summed E-state index contributed by atoms with van der Waals surface area (Å²) in [5, 5.41) is 0. The van der Waals surface area contributed by atoms with E-state index in [0.717, 1.165) is 6.07 Å². The number of aromatic nitrogens is 2. The van der Waals surface area contributed by atoms with Gasteiger partial charge in [-0.15, -0.1) is 0 Å². The first-order valence-corrected chi connectivity index (χ1v) is 6.09. The molecule has 0 radical (unpaired) electrons. The van der Waals surface area contributed by atoms with E-state index in [9.17, 15) is 13.2 Å². The second-order valence-corrected chi connectivity index (χ2v) is 5.11. The molecule has 2 N–H and O–H groups in total. The average molecular weight is 276 g/mol. The Bertz CT molecular complexity index is 429. The molecule has 7 heteroatoms. The summed E-state index contributed by atoms with van der Waals surface area (Å²) >= 11 is 0. The largest absolute Gasteiger partial charge is 0.433 e. The van der Waals surface area contributed by atoms with Crippen molar-refractivity contribution in [3.63, 3.8) is 0 Å². The normalized spacial score (nSPS) is 12.3. The summed E-state index contributed by atoms with van der Waals surface area (Å²) in [6.07, 6.45) is -4.52. The fourth-order valence-electron chi connectivity index (χ4n) is 1.71. The standard InChI is InChI=1S/C12H19F3N4/c1-7(2)6-19(8(3)4)10-5-9(12(13,14)15)17-11(16)18-10/h5,7-8H,6H2,1-4H3,(H2,16,17,18). The van der Waals surface area contributed by atoms with Crippen LogP contribution in [-0.4, -0.2) is 22.6 Å². The zero-order valence-corrected chi connectivity index (χ0v) is 11.5. The van der Waals surface area contributed by atoms with Gasteiger partial charge < -0.3 is 10.6 Å². The van der Waals surface area contributed by atoms with Gasteiger partial charge in [-0.25, -0.2) is 4.98 Å². The smallest absolute Gasteiger partial charge is 0.368 e. The minimum Gasteiger partial charge on any atom is -0.368 e. The van der Waals surface area contributed by atoms with E-state index in [0.29, 0.717) is 12.5 Å². The lowest BCUT2D eigenvalue weighted by Crippen LogP contribution is -2.35. The number of nitrogen functional groups attached to an aromatic ring is 1. The van der Waals surface area contributed by atoms with Gasteiger partial charge >= 0.3 is 6.18 Å². The zero-order chi connectivity index (χ0) is 14.8. The lowest BCUT2D eigenvalue weighted by Gasteiger charge is -2.30. The highest BCUT2D eigenvalue weighted by Crippen LogP contribution is 2.30. The Labute approximate surface area is 110 Å². The van der Waals surface area contributed by atoms with Crippen LogP contribution in [-0.2, 0) is 6.18 Å². The van der Waals surface area contributed by atoms with Gasteiger partial charge in [0, 0.05) is 18.7 Å². The minimum absolute atomic E-state index is 0.0257. The summed E-state index contributed by atoms with van der Waals surface area (Å²) in [6, 6.07) is 0.969. The Morgan fingerprint density at radius 2 is 1.79 bits per heavy atom. The molecule has 108 valence electrons. The van der Waals surface area contributed by atoms with Crippen molar-refractivity contribution in [2.75, 3.05) is 17.2 Å². The fourth-order valence-corrected chi connectivity index (χ4v) is 1.71. The molecule has 0 saturated carbocycles. The van der Waals surface area contributed by atoms with E-state index >= 15 is 0 Å². The molecule has 0 saturated heterocycles. The monoisotopic (exact) mass is 276 g/mol. The molecule has 0 amide bonds. The Balaban J connectivity index is 3.20. The summed E-state index contributed by atoms with van der Waals surface area (Å²) in [6.45, 7) is 8.38. The van der Waals surface area contributed by atoms with Crippen LogP contribution >= 0.6 is 0 Å². The number of hydrogen-bond donors (Lipinski definition) is 1. The lowest BCUT2D eigenvalue weighted by atomic mass is 10.1. The molecule has 19 heavy (non-hydrogen) atoms. The Morgan fingerprint density at radius 1 is 1.21 bits per heavy atom. The van der Waals surface area contributed by atoms with E-state index in [1.165, 1.54) is 0 Å². The number of nitrogens with two attached hydrogens (primary N) is 1. The molecule has 0 spiro atoms. The van der Waals surface area contributed by atoms with Crippen molar-refractivity contribution in [1.82, 2.24) is 9.97 Å². The van der Waals surface area contributed by atoms with Gasteiger partial charge in [-0.3, -0.25) is 0 Å². The van der Waals surface area contributed by atoms with Gasteiger partial charge in [-0.1, -0.05) is 13.8 Å². The van der Waals surface area contributed by atoms with Crippen LogP contribution in [0.15, 0.2) is 6.07 Å². The van der Waals surface area contributed by atoms with Gasteiger partial charge in [0.2, 0.25) is 5.95 Å². The van der Waals surface area contributed by atoms with Crippen LogP contribution in [0.4, 0.5) is 24.9 Å². The maximum Gasteiger partial charge on any atom is 0.433 e. The third kappa shape index (κ3) is 4.25. The van der Waals surface area contributed by atoms with E-state index in [1.807, 2.05) is 27.7 Å². The molecule has 0 aliphatic rings. The number of halogens is 3. The highest BCUT2D eigenvalue weighted by Gasteiger charge is 2.34. The summed E-state index contributed by atoms with van der Waals surface area (Å²) in [4.78, 5) is 8.95. The van der Waals surface area contributed by atoms with Gasteiger partial charge in [0.1, 0.15) is 5.82 Å². The van der Waals surface area contributed by atoms with Crippen LogP contribution in [0.25, 0.3) is 0 Å². The highest BCUT2D eigenvalue weighted by atomic mass is 19.4. The molecular weight excluding hydrogens is 257 g/mol. The second kappa shape index (κ2) is 5.63. The summed E-state index contributed by atoms with van der Waals surface area (Å²) < 4.78 is 38.1. The highest BCUT2D eigenvalue weighted by molar-refractivity contribution is 5.45. The minimum atomic E-state index is -4.52. The molecule has 0 fully saturated rings. The predicted octanol–water partition coefficient (Wildman–Crippen LogP) is 2.95. The van der Waals surface area contributed by atoms with E-state index < -0.39 is 11.9 Å². The third-order valence-electron chi connectivity index (χ3n) is 2.50. The van der Waals surface area contributed by atoms with E-state index in [2.05, 4.69) is 9.97 Å². The molecule has 0 atom stereocenters. The lowest BCUT2D eigenvalue weighted by molar-refractivity contribution is -0.141. The first kappa shape index (κ1) is 15.5. The molecule has 0 unspecified atom stereocenters. The summed E-state index contributed by atoms with van der Waals surface area (Å²) in [7, 11) is 0. The van der Waals surface area contributed by atoms with E-state index in [-0.39, 0.29) is 17.8 Å². The Morgan fingerprint density at radius 3 is 2.21 bits per heavy atom. The van der Waals surface area contributed by atoms with Gasteiger partial charge in [0.05, 0.1) is 0 Å². The molecule has 1 heterocycles. The molecular formula is C12H19F3N4. The van der Waals surface area contributed by atoms with E-state index in [4.69, 9.17) is 5.73 Å². The van der Waals surface area contributed by atoms with E-state index in [1.54, 1.807) is 4.90 Å².